The van der Waals surface area contributed by atoms with Gasteiger partial charge in [-0.15, -0.1) is 0 Å². The first-order valence-electron chi connectivity index (χ1n) is 5.89. The molecule has 0 aliphatic carbocycles. The fourth-order valence-electron chi connectivity index (χ4n) is 1.95. The second-order valence-corrected chi connectivity index (χ2v) is 5.27. The number of fused-ring (bicyclic) bond motifs is 1. The maximum Gasteiger partial charge on any atom is 0.299 e. The first kappa shape index (κ1) is 14.3. The van der Waals surface area contributed by atoms with E-state index in [9.17, 15) is 9.59 Å². The number of ketones is 1. The van der Waals surface area contributed by atoms with Crippen LogP contribution in [0.25, 0.3) is 0 Å². The molecular formula is C13H13Cl2NO3. The van der Waals surface area contributed by atoms with Crippen molar-refractivity contribution in [3.05, 3.63) is 27.7 Å². The third-order valence-corrected chi connectivity index (χ3v) is 3.40. The van der Waals surface area contributed by atoms with Gasteiger partial charge in [-0.2, -0.15) is 0 Å². The minimum absolute atomic E-state index is 0.0581. The zero-order valence-corrected chi connectivity index (χ0v) is 12.1. The average Bonchev–Trinajstić information content (AvgIpc) is 2.59. The Labute approximate surface area is 121 Å². The van der Waals surface area contributed by atoms with Crippen molar-refractivity contribution in [1.82, 2.24) is 0 Å². The molecule has 1 amide bonds. The van der Waals surface area contributed by atoms with E-state index in [4.69, 9.17) is 27.9 Å². The van der Waals surface area contributed by atoms with Gasteiger partial charge in [-0.05, 0) is 26.0 Å². The Hall–Kier alpha value is -1.10. The van der Waals surface area contributed by atoms with E-state index in [0.29, 0.717) is 17.3 Å². The number of carbonyl (C=O) groups excluding carboxylic acids is 2. The lowest BCUT2D eigenvalue weighted by Gasteiger charge is -2.18. The predicted molar refractivity (Wildman–Crippen MR) is 74.2 cm³/mol. The van der Waals surface area contributed by atoms with Gasteiger partial charge in [-0.3, -0.25) is 9.59 Å². The molecule has 0 aromatic heterocycles. The van der Waals surface area contributed by atoms with Crippen LogP contribution < -0.4 is 4.90 Å². The lowest BCUT2D eigenvalue weighted by molar-refractivity contribution is -0.114. The van der Waals surface area contributed by atoms with Crippen LogP contribution >= 0.6 is 23.2 Å². The molecule has 0 atom stereocenters. The van der Waals surface area contributed by atoms with E-state index in [0.717, 1.165) is 0 Å². The summed E-state index contributed by atoms with van der Waals surface area (Å²) in [7, 11) is 0. The summed E-state index contributed by atoms with van der Waals surface area (Å²) >= 11 is 12.0. The molecule has 19 heavy (non-hydrogen) atoms. The van der Waals surface area contributed by atoms with Gasteiger partial charge >= 0.3 is 0 Å². The summed E-state index contributed by atoms with van der Waals surface area (Å²) in [5.74, 6) is -1.23. The van der Waals surface area contributed by atoms with Gasteiger partial charge in [0.25, 0.3) is 11.7 Å². The number of amides is 1. The van der Waals surface area contributed by atoms with Crippen LogP contribution in [0, 0.1) is 0 Å². The molecule has 1 heterocycles. The quantitative estimate of drug-likeness (QED) is 0.803. The van der Waals surface area contributed by atoms with Crippen molar-refractivity contribution in [2.24, 2.45) is 0 Å². The summed E-state index contributed by atoms with van der Waals surface area (Å²) in [5.41, 5.74) is 0.570. The van der Waals surface area contributed by atoms with E-state index in [1.54, 1.807) is 6.07 Å². The van der Waals surface area contributed by atoms with Crippen LogP contribution in [-0.2, 0) is 9.53 Å². The van der Waals surface area contributed by atoms with Crippen LogP contribution in [-0.4, -0.2) is 30.9 Å². The number of hydrogen-bond acceptors (Lipinski definition) is 3. The molecular weight excluding hydrogens is 289 g/mol. The molecule has 1 aliphatic heterocycles. The third-order valence-electron chi connectivity index (χ3n) is 2.78. The number of benzene rings is 1. The standard InChI is InChI=1S/C13H13Cl2NO3/c1-7(2)19-6-5-16-11-9(15)4-3-8(14)10(11)12(17)13(16)18/h3-4,7H,5-6H2,1-2H3. The monoisotopic (exact) mass is 301 g/mol. The summed E-state index contributed by atoms with van der Waals surface area (Å²) < 4.78 is 5.39. The Balaban J connectivity index is 2.31. The molecule has 0 radical (unpaired) electrons. The molecule has 2 rings (SSSR count). The smallest absolute Gasteiger partial charge is 0.299 e. The van der Waals surface area contributed by atoms with Crippen molar-refractivity contribution in [2.45, 2.75) is 20.0 Å². The van der Waals surface area contributed by atoms with Gasteiger partial charge in [-0.1, -0.05) is 23.2 Å². The lowest BCUT2D eigenvalue weighted by atomic mass is 10.1. The molecule has 0 saturated carbocycles. The Morgan fingerprint density at radius 1 is 1.21 bits per heavy atom. The Morgan fingerprint density at radius 3 is 2.47 bits per heavy atom. The highest BCUT2D eigenvalue weighted by Gasteiger charge is 2.39. The minimum atomic E-state index is -0.618. The van der Waals surface area contributed by atoms with Crippen molar-refractivity contribution in [3.8, 4) is 0 Å². The van der Waals surface area contributed by atoms with Gasteiger partial charge in [0.05, 0.1) is 34.0 Å². The molecule has 0 N–H and O–H groups in total. The van der Waals surface area contributed by atoms with Gasteiger partial charge in [-0.25, -0.2) is 0 Å². The number of anilines is 1. The maximum absolute atomic E-state index is 11.9. The van der Waals surface area contributed by atoms with Crippen LogP contribution in [0.5, 0.6) is 0 Å². The van der Waals surface area contributed by atoms with Crippen molar-refractivity contribution < 1.29 is 14.3 Å². The Bertz CT molecular complexity index is 543. The van der Waals surface area contributed by atoms with Gasteiger partial charge in [0.15, 0.2) is 0 Å². The molecule has 1 aliphatic rings. The van der Waals surface area contributed by atoms with Crippen LogP contribution in [0.2, 0.25) is 10.0 Å². The fourth-order valence-corrected chi connectivity index (χ4v) is 2.44. The molecule has 0 fully saturated rings. The van der Waals surface area contributed by atoms with E-state index < -0.39 is 11.7 Å². The van der Waals surface area contributed by atoms with Crippen LogP contribution in [0.4, 0.5) is 5.69 Å². The highest BCUT2D eigenvalue weighted by atomic mass is 35.5. The lowest BCUT2D eigenvalue weighted by Crippen LogP contribution is -2.33. The SMILES string of the molecule is CC(C)OCCN1C(=O)C(=O)c2c(Cl)ccc(Cl)c21. The molecule has 1 aromatic rings. The van der Waals surface area contributed by atoms with E-state index >= 15 is 0 Å². The van der Waals surface area contributed by atoms with Gasteiger partial charge in [0.1, 0.15) is 0 Å². The zero-order chi connectivity index (χ0) is 14.2. The van der Waals surface area contributed by atoms with Crippen LogP contribution in [0.3, 0.4) is 0 Å². The second kappa shape index (κ2) is 5.49. The zero-order valence-electron chi connectivity index (χ0n) is 10.6. The van der Waals surface area contributed by atoms with Gasteiger partial charge in [0, 0.05) is 6.54 Å². The number of hydrogen-bond donors (Lipinski definition) is 0. The summed E-state index contributed by atoms with van der Waals surface area (Å²) in [6.07, 6.45) is 0.0581. The number of Topliss-reactive ketones (excluding diaryl/α,β-unsaturated/α-hetero) is 1. The van der Waals surface area contributed by atoms with Crippen molar-refractivity contribution in [1.29, 1.82) is 0 Å². The highest BCUT2D eigenvalue weighted by molar-refractivity contribution is 6.56. The van der Waals surface area contributed by atoms with Gasteiger partial charge < -0.3 is 9.64 Å². The number of rotatable bonds is 4. The van der Waals surface area contributed by atoms with Crippen molar-refractivity contribution in [3.63, 3.8) is 0 Å². The largest absolute Gasteiger partial charge is 0.377 e. The summed E-state index contributed by atoms with van der Waals surface area (Å²) in [4.78, 5) is 25.2. The summed E-state index contributed by atoms with van der Waals surface area (Å²) in [5, 5.41) is 0.577. The number of carbonyl (C=O) groups is 2. The van der Waals surface area contributed by atoms with E-state index in [1.165, 1.54) is 11.0 Å². The van der Waals surface area contributed by atoms with Gasteiger partial charge in [0.2, 0.25) is 0 Å². The average molecular weight is 302 g/mol. The molecule has 4 nitrogen and oxygen atoms in total. The number of nitrogens with zero attached hydrogens (tertiary/aromatic N) is 1. The van der Waals surface area contributed by atoms with Crippen molar-refractivity contribution in [2.75, 3.05) is 18.1 Å². The minimum Gasteiger partial charge on any atom is -0.377 e. The van der Waals surface area contributed by atoms with E-state index in [-0.39, 0.29) is 23.2 Å². The molecule has 6 heteroatoms. The topological polar surface area (TPSA) is 46.6 Å². The van der Waals surface area contributed by atoms with E-state index in [1.807, 2.05) is 13.8 Å². The normalized spacial score (nSPS) is 14.5. The first-order chi connectivity index (χ1) is 8.93. The Kier molecular flexibility index (Phi) is 4.13. The second-order valence-electron chi connectivity index (χ2n) is 4.46. The molecule has 102 valence electrons. The number of ether oxygens (including phenoxy) is 1. The fraction of sp³-hybridized carbons (Fsp3) is 0.385. The van der Waals surface area contributed by atoms with Crippen LogP contribution in [0.1, 0.15) is 24.2 Å². The Morgan fingerprint density at radius 2 is 1.84 bits per heavy atom. The molecule has 0 spiro atoms. The summed E-state index contributed by atoms with van der Waals surface area (Å²) in [6, 6.07) is 3.09. The predicted octanol–water partition coefficient (Wildman–Crippen LogP) is 2.95. The molecule has 0 unspecified atom stereocenters. The maximum atomic E-state index is 11.9. The third kappa shape index (κ3) is 2.61. The molecule has 0 bridgehead atoms. The summed E-state index contributed by atoms with van der Waals surface area (Å²) in [6.45, 7) is 4.40. The molecule has 1 aromatic carbocycles. The highest BCUT2D eigenvalue weighted by Crippen LogP contribution is 2.39. The van der Waals surface area contributed by atoms with E-state index in [2.05, 4.69) is 0 Å². The number of halogens is 2. The van der Waals surface area contributed by atoms with Crippen molar-refractivity contribution >= 4 is 40.6 Å². The first-order valence-corrected chi connectivity index (χ1v) is 6.65. The van der Waals surface area contributed by atoms with Crippen LogP contribution in [0.15, 0.2) is 12.1 Å². The molecule has 0 saturated heterocycles.